The highest BCUT2D eigenvalue weighted by Crippen LogP contribution is 2.22. The number of amides is 1. The normalized spacial score (nSPS) is 11.7. The van der Waals surface area contributed by atoms with E-state index in [1.54, 1.807) is 11.9 Å². The van der Waals surface area contributed by atoms with Crippen molar-refractivity contribution in [2.75, 3.05) is 20.2 Å². The maximum atomic E-state index is 12.2. The number of alkyl halides is 1. The third-order valence-corrected chi connectivity index (χ3v) is 3.56. The molecule has 0 saturated carbocycles. The van der Waals surface area contributed by atoms with Crippen molar-refractivity contribution in [2.45, 2.75) is 5.38 Å². The van der Waals surface area contributed by atoms with Gasteiger partial charge in [-0.15, -0.1) is 11.6 Å². The molecule has 4 heteroatoms. The number of rotatable bonds is 6. The van der Waals surface area contributed by atoms with Gasteiger partial charge in [0, 0.05) is 7.05 Å². The Balaban J connectivity index is 1.82. The van der Waals surface area contributed by atoms with Crippen LogP contribution in [0.1, 0.15) is 10.9 Å². The molecule has 0 spiro atoms. The SMILES string of the molecule is CN(CCOc1ccccc1)C(=O)C(Cl)c1ccccc1. The van der Waals surface area contributed by atoms with Gasteiger partial charge in [-0.1, -0.05) is 48.5 Å². The van der Waals surface area contributed by atoms with Gasteiger partial charge in [0.2, 0.25) is 5.91 Å². The van der Waals surface area contributed by atoms with Crippen molar-refractivity contribution in [1.29, 1.82) is 0 Å². The zero-order valence-corrected chi connectivity index (χ0v) is 12.7. The number of para-hydroxylation sites is 1. The molecule has 0 aliphatic carbocycles. The van der Waals surface area contributed by atoms with Crippen LogP contribution < -0.4 is 4.74 Å². The van der Waals surface area contributed by atoms with Crippen LogP contribution >= 0.6 is 11.6 Å². The first-order valence-corrected chi connectivity index (χ1v) is 7.24. The molecule has 1 amide bonds. The molecule has 2 aromatic carbocycles. The number of likely N-dealkylation sites (N-methyl/N-ethyl adjacent to an activating group) is 1. The first-order valence-electron chi connectivity index (χ1n) is 6.80. The van der Waals surface area contributed by atoms with Crippen LogP contribution in [0.25, 0.3) is 0 Å². The second-order valence-electron chi connectivity index (χ2n) is 4.69. The van der Waals surface area contributed by atoms with Crippen molar-refractivity contribution in [3.05, 3.63) is 66.2 Å². The van der Waals surface area contributed by atoms with Crippen molar-refractivity contribution in [3.8, 4) is 5.75 Å². The first-order chi connectivity index (χ1) is 10.2. The quantitative estimate of drug-likeness (QED) is 0.764. The number of ether oxygens (including phenoxy) is 1. The van der Waals surface area contributed by atoms with E-state index in [-0.39, 0.29) is 5.91 Å². The molecule has 0 heterocycles. The van der Waals surface area contributed by atoms with Gasteiger partial charge in [-0.25, -0.2) is 0 Å². The highest BCUT2D eigenvalue weighted by Gasteiger charge is 2.20. The van der Waals surface area contributed by atoms with Crippen LogP contribution in [-0.2, 0) is 4.79 Å². The van der Waals surface area contributed by atoms with Crippen LogP contribution in [-0.4, -0.2) is 31.0 Å². The Morgan fingerprint density at radius 2 is 1.67 bits per heavy atom. The van der Waals surface area contributed by atoms with Crippen molar-refractivity contribution in [3.63, 3.8) is 0 Å². The van der Waals surface area contributed by atoms with Gasteiger partial charge in [0.05, 0.1) is 6.54 Å². The average Bonchev–Trinajstić information content (AvgIpc) is 2.55. The van der Waals surface area contributed by atoms with Gasteiger partial charge in [0.1, 0.15) is 17.7 Å². The summed E-state index contributed by atoms with van der Waals surface area (Å²) in [7, 11) is 1.73. The topological polar surface area (TPSA) is 29.5 Å². The summed E-state index contributed by atoms with van der Waals surface area (Å²) in [6.07, 6.45) is 0. The zero-order chi connectivity index (χ0) is 15.1. The van der Waals surface area contributed by atoms with E-state index in [2.05, 4.69) is 0 Å². The molecule has 1 unspecified atom stereocenters. The summed E-state index contributed by atoms with van der Waals surface area (Å²) in [6, 6.07) is 18.9. The highest BCUT2D eigenvalue weighted by atomic mass is 35.5. The average molecular weight is 304 g/mol. The highest BCUT2D eigenvalue weighted by molar-refractivity contribution is 6.30. The van der Waals surface area contributed by atoms with Gasteiger partial charge in [-0.2, -0.15) is 0 Å². The fourth-order valence-corrected chi connectivity index (χ4v) is 2.20. The molecule has 1 atom stereocenters. The Bertz CT molecular complexity index is 560. The minimum atomic E-state index is -0.659. The standard InChI is InChI=1S/C17H18ClNO2/c1-19(12-13-21-15-10-6-3-7-11-15)17(20)16(18)14-8-4-2-5-9-14/h2-11,16H,12-13H2,1H3. The maximum absolute atomic E-state index is 12.2. The Kier molecular flexibility index (Phi) is 5.64. The number of halogens is 1. The van der Waals surface area contributed by atoms with Crippen LogP contribution in [0.4, 0.5) is 0 Å². The summed E-state index contributed by atoms with van der Waals surface area (Å²) in [6.45, 7) is 0.925. The molecule has 0 N–H and O–H groups in total. The Morgan fingerprint density at radius 1 is 1.10 bits per heavy atom. The van der Waals surface area contributed by atoms with Gasteiger partial charge in [0.25, 0.3) is 0 Å². The number of nitrogens with zero attached hydrogens (tertiary/aromatic N) is 1. The summed E-state index contributed by atoms with van der Waals surface area (Å²) < 4.78 is 5.58. The molecule has 110 valence electrons. The number of carbonyl (C=O) groups excluding carboxylic acids is 1. The lowest BCUT2D eigenvalue weighted by Crippen LogP contribution is -2.33. The van der Waals surface area contributed by atoms with Gasteiger partial charge in [-0.05, 0) is 17.7 Å². The second-order valence-corrected chi connectivity index (χ2v) is 5.13. The molecule has 0 aliphatic heterocycles. The predicted octanol–water partition coefficient (Wildman–Crippen LogP) is 3.50. The van der Waals surface area contributed by atoms with Crippen molar-refractivity contribution >= 4 is 17.5 Å². The summed E-state index contributed by atoms with van der Waals surface area (Å²) in [5, 5.41) is -0.659. The van der Waals surface area contributed by atoms with E-state index in [0.29, 0.717) is 13.2 Å². The van der Waals surface area contributed by atoms with Gasteiger partial charge in [-0.3, -0.25) is 4.79 Å². The molecule has 0 saturated heterocycles. The van der Waals surface area contributed by atoms with Crippen LogP contribution in [0, 0.1) is 0 Å². The minimum absolute atomic E-state index is 0.125. The fourth-order valence-electron chi connectivity index (χ4n) is 1.89. The first kappa shape index (κ1) is 15.4. The monoisotopic (exact) mass is 303 g/mol. The molecule has 2 rings (SSSR count). The molecule has 0 aromatic heterocycles. The lowest BCUT2D eigenvalue weighted by molar-refractivity contribution is -0.129. The Morgan fingerprint density at radius 3 is 2.29 bits per heavy atom. The number of hydrogen-bond acceptors (Lipinski definition) is 2. The Labute approximate surface area is 130 Å². The molecule has 0 aliphatic rings. The lowest BCUT2D eigenvalue weighted by Gasteiger charge is -2.20. The van der Waals surface area contributed by atoms with E-state index in [1.165, 1.54) is 0 Å². The molecular weight excluding hydrogens is 286 g/mol. The van der Waals surface area contributed by atoms with Crippen LogP contribution in [0.5, 0.6) is 5.75 Å². The van der Waals surface area contributed by atoms with E-state index < -0.39 is 5.38 Å². The van der Waals surface area contributed by atoms with E-state index in [0.717, 1.165) is 11.3 Å². The zero-order valence-electron chi connectivity index (χ0n) is 11.9. The minimum Gasteiger partial charge on any atom is -0.492 e. The third kappa shape index (κ3) is 4.50. The van der Waals surface area contributed by atoms with Crippen LogP contribution in [0.2, 0.25) is 0 Å². The van der Waals surface area contributed by atoms with Crippen LogP contribution in [0.15, 0.2) is 60.7 Å². The predicted molar refractivity (Wildman–Crippen MR) is 84.6 cm³/mol. The number of carbonyl (C=O) groups is 1. The smallest absolute Gasteiger partial charge is 0.245 e. The summed E-state index contributed by atoms with van der Waals surface area (Å²) in [4.78, 5) is 13.8. The van der Waals surface area contributed by atoms with Crippen LogP contribution in [0.3, 0.4) is 0 Å². The molecule has 0 bridgehead atoms. The van der Waals surface area contributed by atoms with Gasteiger partial charge < -0.3 is 9.64 Å². The van der Waals surface area contributed by atoms with Gasteiger partial charge in [0.15, 0.2) is 0 Å². The largest absolute Gasteiger partial charge is 0.492 e. The number of benzene rings is 2. The van der Waals surface area contributed by atoms with E-state index >= 15 is 0 Å². The maximum Gasteiger partial charge on any atom is 0.245 e. The summed E-state index contributed by atoms with van der Waals surface area (Å²) in [5.41, 5.74) is 0.806. The van der Waals surface area contributed by atoms with E-state index in [9.17, 15) is 4.79 Å². The van der Waals surface area contributed by atoms with Crippen molar-refractivity contribution in [1.82, 2.24) is 4.90 Å². The molecule has 2 aromatic rings. The third-order valence-electron chi connectivity index (χ3n) is 3.12. The fraction of sp³-hybridized carbons (Fsp3) is 0.235. The Hall–Kier alpha value is -2.00. The summed E-state index contributed by atoms with van der Waals surface area (Å²) in [5.74, 6) is 0.670. The molecule has 3 nitrogen and oxygen atoms in total. The molecule has 0 fully saturated rings. The second kappa shape index (κ2) is 7.70. The molecule has 0 radical (unpaired) electrons. The number of hydrogen-bond donors (Lipinski definition) is 0. The molecule has 21 heavy (non-hydrogen) atoms. The summed E-state index contributed by atoms with van der Waals surface area (Å²) >= 11 is 6.22. The molecular formula is C17H18ClNO2. The van der Waals surface area contributed by atoms with E-state index in [4.69, 9.17) is 16.3 Å². The van der Waals surface area contributed by atoms with Gasteiger partial charge >= 0.3 is 0 Å². The van der Waals surface area contributed by atoms with E-state index in [1.807, 2.05) is 60.7 Å². The lowest BCUT2D eigenvalue weighted by atomic mass is 10.1. The van der Waals surface area contributed by atoms with Crippen molar-refractivity contribution in [2.24, 2.45) is 0 Å². The van der Waals surface area contributed by atoms with Crippen molar-refractivity contribution < 1.29 is 9.53 Å².